The third-order valence-corrected chi connectivity index (χ3v) is 10.0. The van der Waals surface area contributed by atoms with E-state index < -0.39 is 57.4 Å². The summed E-state index contributed by atoms with van der Waals surface area (Å²) in [6, 6.07) is 0. The molecule has 0 rings (SSSR count). The number of aliphatic hydroxyl groups excluding tert-OH is 3. The fourth-order valence-electron chi connectivity index (χ4n) is 6.06. The number of unbranched alkanes of at least 4 members (excludes halogenated alkanes) is 17. The second kappa shape index (κ2) is 40.8. The van der Waals surface area contributed by atoms with E-state index in [1.165, 1.54) is 102 Å². The predicted molar refractivity (Wildman–Crippen MR) is 238 cm³/mol. The lowest BCUT2D eigenvalue weighted by atomic mass is 10.0. The molecule has 0 aromatic heterocycles. The number of ether oxygens (including phenoxy) is 2. The topological polar surface area (TPSA) is 180 Å². The molecule has 0 aliphatic rings. The molecule has 5 N–H and O–H groups in total. The molecule has 12 heteroatoms. The Balaban J connectivity index is 4.17. The van der Waals surface area contributed by atoms with Crippen LogP contribution in [-0.2, 0) is 28.2 Å². The van der Waals surface area contributed by atoms with Crippen molar-refractivity contribution in [2.75, 3.05) is 13.2 Å². The van der Waals surface area contributed by atoms with E-state index in [1.54, 1.807) is 42.5 Å². The molecule has 0 saturated carbocycles. The Morgan fingerprint density at radius 3 is 1.64 bits per heavy atom. The molecule has 0 fully saturated rings. The zero-order valence-corrected chi connectivity index (χ0v) is 37.4. The van der Waals surface area contributed by atoms with E-state index in [-0.39, 0.29) is 25.7 Å². The van der Waals surface area contributed by atoms with Crippen LogP contribution in [0.1, 0.15) is 174 Å². The van der Waals surface area contributed by atoms with Crippen LogP contribution in [0.25, 0.3) is 0 Å². The maximum Gasteiger partial charge on any atom is 0.469 e. The van der Waals surface area contributed by atoms with Gasteiger partial charge in [-0.3, -0.25) is 14.1 Å². The van der Waals surface area contributed by atoms with Crippen LogP contribution in [0.2, 0.25) is 0 Å². The molecule has 0 heterocycles. The van der Waals surface area contributed by atoms with Crippen molar-refractivity contribution in [3.8, 4) is 0 Å². The second-order valence-electron chi connectivity index (χ2n) is 15.2. The number of allylic oxidation sites excluding steroid dienone is 9. The number of esters is 2. The van der Waals surface area contributed by atoms with Gasteiger partial charge in [0.15, 0.2) is 6.10 Å². The fraction of sp³-hybridized carbons (Fsp3) is 0.702. The highest BCUT2D eigenvalue weighted by Crippen LogP contribution is 2.36. The van der Waals surface area contributed by atoms with Gasteiger partial charge in [0.25, 0.3) is 0 Å². The van der Waals surface area contributed by atoms with Crippen LogP contribution in [0.5, 0.6) is 0 Å². The van der Waals surface area contributed by atoms with E-state index in [0.717, 1.165) is 25.7 Å². The Morgan fingerprint density at radius 2 is 1.08 bits per heavy atom. The molecule has 11 nitrogen and oxygen atoms in total. The van der Waals surface area contributed by atoms with Gasteiger partial charge >= 0.3 is 19.8 Å². The monoisotopic (exact) mass is 853 g/mol. The summed E-state index contributed by atoms with van der Waals surface area (Å²) in [4.78, 5) is 43.0. The lowest BCUT2D eigenvalue weighted by Crippen LogP contribution is -2.29. The van der Waals surface area contributed by atoms with Crippen molar-refractivity contribution < 1.29 is 53.3 Å². The first-order chi connectivity index (χ1) is 28.5. The van der Waals surface area contributed by atoms with E-state index in [9.17, 15) is 29.5 Å². The predicted octanol–water partition coefficient (Wildman–Crippen LogP) is 10.8. The standard InChI is InChI=1S/C47H81O11P/c1-3-5-7-8-9-10-11-12-13-14-15-16-17-18-19-20-21-22-23-28-32-38-46(51)56-40-43(41-57-59(53,54)55)58-47(52)39-33-37-45(50)44(49)36-31-27-25-24-26-30-35-42(48)34-29-6-4-2/h6,12-13,24-27,29-31,35-36,42-45,48-50H,3-5,7-11,14-23,28,32-34,37-41H2,1-2H3,(H2,53,54,55)/b13-12-,26-24+,27-25-,29-6-,35-30+,36-31-/t42-,43+,44+,45+/m0/s1. The summed E-state index contributed by atoms with van der Waals surface area (Å²) in [5, 5.41) is 30.3. The molecule has 0 unspecified atom stereocenters. The Bertz CT molecular complexity index is 1240. The first-order valence-corrected chi connectivity index (χ1v) is 24.1. The van der Waals surface area contributed by atoms with Crippen LogP contribution in [-0.4, -0.2) is 74.7 Å². The Labute approximate surface area is 357 Å². The number of rotatable bonds is 40. The van der Waals surface area contributed by atoms with Gasteiger partial charge in [-0.2, -0.15) is 0 Å². The molecule has 0 bridgehead atoms. The van der Waals surface area contributed by atoms with Crippen molar-refractivity contribution in [1.29, 1.82) is 0 Å². The first-order valence-electron chi connectivity index (χ1n) is 22.6. The van der Waals surface area contributed by atoms with Gasteiger partial charge in [-0.1, -0.05) is 177 Å². The normalized spacial score (nSPS) is 14.8. The number of carbonyl (C=O) groups excluding carboxylic acids is 2. The van der Waals surface area contributed by atoms with Crippen molar-refractivity contribution in [1.82, 2.24) is 0 Å². The summed E-state index contributed by atoms with van der Waals surface area (Å²) in [5.41, 5.74) is 0. The zero-order valence-electron chi connectivity index (χ0n) is 36.5. The Morgan fingerprint density at radius 1 is 0.576 bits per heavy atom. The first kappa shape index (κ1) is 56.4. The third kappa shape index (κ3) is 41.9. The van der Waals surface area contributed by atoms with Crippen LogP contribution in [0.3, 0.4) is 0 Å². The molecule has 0 aromatic carbocycles. The van der Waals surface area contributed by atoms with Gasteiger partial charge in [-0.05, 0) is 57.8 Å². The molecule has 0 aliphatic heterocycles. The maximum atomic E-state index is 12.5. The average molecular weight is 853 g/mol. The Hall–Kier alpha value is -2.63. The van der Waals surface area contributed by atoms with E-state index in [4.69, 9.17) is 19.3 Å². The molecular formula is C47H81O11P. The second-order valence-corrected chi connectivity index (χ2v) is 16.4. The largest absolute Gasteiger partial charge is 0.469 e. The maximum absolute atomic E-state index is 12.5. The highest BCUT2D eigenvalue weighted by molar-refractivity contribution is 7.46. The average Bonchev–Trinajstić information content (AvgIpc) is 3.20. The number of hydrogen-bond acceptors (Lipinski definition) is 9. The summed E-state index contributed by atoms with van der Waals surface area (Å²) in [7, 11) is -4.86. The Kier molecular flexibility index (Phi) is 38.9. The minimum absolute atomic E-state index is 0.0844. The number of carbonyl (C=O) groups is 2. The van der Waals surface area contributed by atoms with Gasteiger partial charge in [0.1, 0.15) is 6.61 Å². The minimum Gasteiger partial charge on any atom is -0.462 e. The number of aliphatic hydroxyl groups is 3. The highest BCUT2D eigenvalue weighted by atomic mass is 31.2. The lowest BCUT2D eigenvalue weighted by molar-refractivity contribution is -0.161. The summed E-state index contributed by atoms with van der Waals surface area (Å²) < 4.78 is 26.2. The van der Waals surface area contributed by atoms with Crippen molar-refractivity contribution in [3.63, 3.8) is 0 Å². The number of phosphoric ester groups is 1. The van der Waals surface area contributed by atoms with Crippen molar-refractivity contribution in [2.45, 2.75) is 199 Å². The zero-order chi connectivity index (χ0) is 43.7. The molecule has 0 radical (unpaired) electrons. The van der Waals surface area contributed by atoms with Crippen molar-refractivity contribution >= 4 is 19.8 Å². The van der Waals surface area contributed by atoms with Gasteiger partial charge in [0, 0.05) is 12.8 Å². The van der Waals surface area contributed by atoms with E-state index in [0.29, 0.717) is 12.8 Å². The molecule has 0 aromatic rings. The SMILES string of the molecule is CC/C=C\C[C@H](O)/C=C/C=C/C=C\C=C/[C@@H](O)[C@H](O)CCCC(=O)O[C@H](COC(=O)CCCCCCCCCCCCC/C=C\CCCCCCCC)COP(=O)(O)O. The van der Waals surface area contributed by atoms with Crippen LogP contribution in [0, 0.1) is 0 Å². The highest BCUT2D eigenvalue weighted by Gasteiger charge is 2.23. The van der Waals surface area contributed by atoms with Gasteiger partial charge in [0.05, 0.1) is 24.9 Å². The van der Waals surface area contributed by atoms with E-state index >= 15 is 0 Å². The lowest BCUT2D eigenvalue weighted by Gasteiger charge is -2.19. The molecule has 4 atom stereocenters. The molecular weight excluding hydrogens is 771 g/mol. The van der Waals surface area contributed by atoms with Crippen LogP contribution in [0.15, 0.2) is 72.9 Å². The van der Waals surface area contributed by atoms with Gasteiger partial charge in [-0.15, -0.1) is 0 Å². The van der Waals surface area contributed by atoms with E-state index in [1.807, 2.05) is 19.1 Å². The fourth-order valence-corrected chi connectivity index (χ4v) is 6.42. The molecule has 0 saturated heterocycles. The molecule has 0 spiro atoms. The quantitative estimate of drug-likeness (QED) is 0.0130. The molecule has 59 heavy (non-hydrogen) atoms. The molecule has 0 amide bonds. The molecule has 0 aliphatic carbocycles. The van der Waals surface area contributed by atoms with Crippen LogP contribution in [0.4, 0.5) is 0 Å². The smallest absolute Gasteiger partial charge is 0.462 e. The summed E-state index contributed by atoms with van der Waals surface area (Å²) in [5.74, 6) is -1.22. The van der Waals surface area contributed by atoms with Crippen molar-refractivity contribution in [2.24, 2.45) is 0 Å². The van der Waals surface area contributed by atoms with Crippen molar-refractivity contribution in [3.05, 3.63) is 72.9 Å². The third-order valence-electron chi connectivity index (χ3n) is 9.55. The number of phosphoric acid groups is 1. The molecule has 340 valence electrons. The van der Waals surface area contributed by atoms with Crippen LogP contribution < -0.4 is 0 Å². The summed E-state index contributed by atoms with van der Waals surface area (Å²) in [6.07, 6.45) is 42.8. The number of hydrogen-bond donors (Lipinski definition) is 5. The summed E-state index contributed by atoms with van der Waals surface area (Å²) >= 11 is 0. The summed E-state index contributed by atoms with van der Waals surface area (Å²) in [6.45, 7) is 3.21. The van der Waals surface area contributed by atoms with Gasteiger partial charge in [0.2, 0.25) is 0 Å². The van der Waals surface area contributed by atoms with Gasteiger partial charge in [-0.25, -0.2) is 4.57 Å². The van der Waals surface area contributed by atoms with Crippen LogP contribution >= 0.6 is 7.82 Å². The van der Waals surface area contributed by atoms with Gasteiger partial charge < -0.3 is 34.6 Å². The van der Waals surface area contributed by atoms with E-state index in [2.05, 4.69) is 23.6 Å². The minimum atomic E-state index is -4.86.